The maximum absolute atomic E-state index is 6.13. The molecule has 96 valence electrons. The zero-order chi connectivity index (χ0) is 13.2. The Morgan fingerprint density at radius 2 is 1.42 bits per heavy atom. The van der Waals surface area contributed by atoms with E-state index in [1.54, 1.807) is 0 Å². The highest BCUT2D eigenvalue weighted by molar-refractivity contribution is 6.42. The van der Waals surface area contributed by atoms with Gasteiger partial charge >= 0.3 is 0 Å². The normalized spacial score (nSPS) is 11.1. The van der Waals surface area contributed by atoms with Crippen LogP contribution in [0, 0.1) is 0 Å². The van der Waals surface area contributed by atoms with Crippen molar-refractivity contribution in [2.45, 2.75) is 5.92 Å². The molecule has 2 nitrogen and oxygen atoms in total. The summed E-state index contributed by atoms with van der Waals surface area (Å²) in [5.74, 6) is 0.0970. The number of nitrogens with one attached hydrogen (secondary N) is 2. The number of halogens is 2. The van der Waals surface area contributed by atoms with E-state index in [0.717, 1.165) is 17.0 Å². The molecule has 0 aliphatic heterocycles. The lowest BCUT2D eigenvalue weighted by molar-refractivity contribution is 0.898. The highest BCUT2D eigenvalue weighted by Gasteiger charge is 2.19. The van der Waals surface area contributed by atoms with Gasteiger partial charge in [-0.2, -0.15) is 0 Å². The Morgan fingerprint density at radius 3 is 1.89 bits per heavy atom. The van der Waals surface area contributed by atoms with Gasteiger partial charge in [0.25, 0.3) is 0 Å². The van der Waals surface area contributed by atoms with Gasteiger partial charge in [0.2, 0.25) is 0 Å². The van der Waals surface area contributed by atoms with E-state index in [9.17, 15) is 0 Å². The number of H-pyrrole nitrogens is 2. The van der Waals surface area contributed by atoms with Crippen LogP contribution in [0.4, 0.5) is 0 Å². The summed E-state index contributed by atoms with van der Waals surface area (Å²) in [6, 6.07) is 13.8. The highest BCUT2D eigenvalue weighted by Crippen LogP contribution is 2.33. The fourth-order valence-electron chi connectivity index (χ4n) is 2.27. The van der Waals surface area contributed by atoms with Crippen molar-refractivity contribution in [1.29, 1.82) is 0 Å². The van der Waals surface area contributed by atoms with Crippen molar-refractivity contribution in [3.05, 3.63) is 81.9 Å². The molecule has 1 aromatic carbocycles. The molecule has 0 fully saturated rings. The van der Waals surface area contributed by atoms with Gasteiger partial charge in [0.15, 0.2) is 0 Å². The van der Waals surface area contributed by atoms with Gasteiger partial charge in [-0.05, 0) is 42.0 Å². The second-order valence-corrected chi connectivity index (χ2v) is 5.17. The predicted molar refractivity (Wildman–Crippen MR) is 79.0 cm³/mol. The number of hydrogen-bond acceptors (Lipinski definition) is 0. The third kappa shape index (κ3) is 2.42. The molecule has 0 unspecified atom stereocenters. The summed E-state index contributed by atoms with van der Waals surface area (Å²) in [7, 11) is 0. The van der Waals surface area contributed by atoms with E-state index < -0.39 is 0 Å². The van der Waals surface area contributed by atoms with Crippen molar-refractivity contribution < 1.29 is 0 Å². The minimum absolute atomic E-state index is 0.0970. The Bertz CT molecular complexity index is 623. The number of benzene rings is 1. The van der Waals surface area contributed by atoms with Crippen LogP contribution in [0.3, 0.4) is 0 Å². The number of hydrogen-bond donors (Lipinski definition) is 2. The number of aromatic nitrogens is 2. The average molecular weight is 291 g/mol. The molecule has 0 aliphatic carbocycles. The van der Waals surface area contributed by atoms with E-state index in [2.05, 4.69) is 22.1 Å². The van der Waals surface area contributed by atoms with Gasteiger partial charge in [-0.3, -0.25) is 0 Å². The van der Waals surface area contributed by atoms with Crippen molar-refractivity contribution >= 4 is 23.2 Å². The zero-order valence-electron chi connectivity index (χ0n) is 10.0. The first kappa shape index (κ1) is 12.4. The minimum Gasteiger partial charge on any atom is -0.364 e. The van der Waals surface area contributed by atoms with E-state index in [1.807, 2.05) is 42.7 Å². The maximum atomic E-state index is 6.13. The lowest BCUT2D eigenvalue weighted by atomic mass is 9.93. The third-order valence-electron chi connectivity index (χ3n) is 3.14. The van der Waals surface area contributed by atoms with Crippen molar-refractivity contribution in [1.82, 2.24) is 9.97 Å². The third-order valence-corrected chi connectivity index (χ3v) is 3.88. The van der Waals surface area contributed by atoms with Crippen LogP contribution in [0.2, 0.25) is 10.0 Å². The minimum atomic E-state index is 0.0970. The van der Waals surface area contributed by atoms with Gasteiger partial charge in [-0.15, -0.1) is 0 Å². The Balaban J connectivity index is 2.12. The standard InChI is InChI=1S/C15H12Cl2N2/c16-11-6-5-10(9-12(11)17)15(13-3-1-7-18-13)14-4-2-8-19-14/h1-9,15,18-19H. The molecular formula is C15H12Cl2N2. The van der Waals surface area contributed by atoms with Crippen LogP contribution in [0.25, 0.3) is 0 Å². The van der Waals surface area contributed by atoms with Crippen LogP contribution in [-0.4, -0.2) is 9.97 Å². The van der Waals surface area contributed by atoms with E-state index >= 15 is 0 Å². The molecule has 0 saturated heterocycles. The summed E-state index contributed by atoms with van der Waals surface area (Å²) < 4.78 is 0. The smallest absolute Gasteiger partial charge is 0.0641 e. The second kappa shape index (κ2) is 5.16. The summed E-state index contributed by atoms with van der Waals surface area (Å²) in [4.78, 5) is 6.52. The molecule has 19 heavy (non-hydrogen) atoms. The summed E-state index contributed by atoms with van der Waals surface area (Å²) in [6.07, 6.45) is 3.84. The van der Waals surface area contributed by atoms with E-state index in [4.69, 9.17) is 23.2 Å². The molecule has 2 heterocycles. The molecule has 2 aromatic heterocycles. The highest BCUT2D eigenvalue weighted by atomic mass is 35.5. The molecule has 0 atom stereocenters. The summed E-state index contributed by atoms with van der Waals surface area (Å²) in [5.41, 5.74) is 3.32. The Labute approximate surface area is 121 Å². The van der Waals surface area contributed by atoms with Gasteiger partial charge in [-0.25, -0.2) is 0 Å². The van der Waals surface area contributed by atoms with E-state index in [0.29, 0.717) is 10.0 Å². The van der Waals surface area contributed by atoms with Crippen LogP contribution in [0.5, 0.6) is 0 Å². The van der Waals surface area contributed by atoms with Gasteiger partial charge < -0.3 is 9.97 Å². The molecule has 3 rings (SSSR count). The first-order valence-corrected chi connectivity index (χ1v) is 6.73. The lowest BCUT2D eigenvalue weighted by Gasteiger charge is -2.16. The summed E-state index contributed by atoms with van der Waals surface area (Å²) in [6.45, 7) is 0. The SMILES string of the molecule is Clc1ccc(C(c2ccc[nH]2)c2ccc[nH]2)cc1Cl. The van der Waals surface area contributed by atoms with Gasteiger partial charge in [0, 0.05) is 23.8 Å². The molecule has 0 saturated carbocycles. The zero-order valence-corrected chi connectivity index (χ0v) is 11.5. The van der Waals surface area contributed by atoms with Crippen molar-refractivity contribution in [3.63, 3.8) is 0 Å². The van der Waals surface area contributed by atoms with Gasteiger partial charge in [-0.1, -0.05) is 29.3 Å². The predicted octanol–water partition coefficient (Wildman–Crippen LogP) is 4.83. The number of rotatable bonds is 3. The molecule has 0 radical (unpaired) electrons. The molecule has 3 aromatic rings. The first-order chi connectivity index (χ1) is 9.25. The largest absolute Gasteiger partial charge is 0.364 e. The quantitative estimate of drug-likeness (QED) is 0.692. The summed E-state index contributed by atoms with van der Waals surface area (Å²) >= 11 is 12.1. The molecule has 0 bridgehead atoms. The fourth-order valence-corrected chi connectivity index (χ4v) is 2.57. The lowest BCUT2D eigenvalue weighted by Crippen LogP contribution is -2.04. The van der Waals surface area contributed by atoms with Crippen LogP contribution in [0.15, 0.2) is 54.9 Å². The van der Waals surface area contributed by atoms with Crippen LogP contribution < -0.4 is 0 Å². The topological polar surface area (TPSA) is 31.6 Å². The Morgan fingerprint density at radius 1 is 0.789 bits per heavy atom. The van der Waals surface area contributed by atoms with Crippen molar-refractivity contribution in [3.8, 4) is 0 Å². The van der Waals surface area contributed by atoms with Crippen molar-refractivity contribution in [2.75, 3.05) is 0 Å². The Hall–Kier alpha value is -1.64. The van der Waals surface area contributed by atoms with Gasteiger partial charge in [0.05, 0.1) is 16.0 Å². The van der Waals surface area contributed by atoms with Crippen LogP contribution in [0.1, 0.15) is 22.9 Å². The molecule has 0 amide bonds. The molecule has 0 spiro atoms. The van der Waals surface area contributed by atoms with Crippen LogP contribution >= 0.6 is 23.2 Å². The van der Waals surface area contributed by atoms with E-state index in [1.165, 1.54) is 0 Å². The molecule has 0 aliphatic rings. The maximum Gasteiger partial charge on any atom is 0.0641 e. The Kier molecular flexibility index (Phi) is 3.36. The van der Waals surface area contributed by atoms with Gasteiger partial charge in [0.1, 0.15) is 0 Å². The van der Waals surface area contributed by atoms with E-state index in [-0.39, 0.29) is 5.92 Å². The fraction of sp³-hybridized carbons (Fsp3) is 0.0667. The monoisotopic (exact) mass is 290 g/mol. The van der Waals surface area contributed by atoms with Crippen LogP contribution in [-0.2, 0) is 0 Å². The van der Waals surface area contributed by atoms with Crippen molar-refractivity contribution in [2.24, 2.45) is 0 Å². The summed E-state index contributed by atoms with van der Waals surface area (Å²) in [5, 5.41) is 1.14. The molecule has 4 heteroatoms. The number of aromatic amines is 2. The second-order valence-electron chi connectivity index (χ2n) is 4.36. The molecular weight excluding hydrogens is 279 g/mol. The average Bonchev–Trinajstić information content (AvgIpc) is 3.07. The molecule has 2 N–H and O–H groups in total. The first-order valence-electron chi connectivity index (χ1n) is 5.97.